The minimum absolute atomic E-state index is 0.000231. The molecule has 2 N–H and O–H groups in total. The third-order valence-electron chi connectivity index (χ3n) is 2.28. The number of aliphatic hydroxyl groups excluding tert-OH is 1. The average Bonchev–Trinajstić information content (AvgIpc) is 2.16. The Morgan fingerprint density at radius 2 is 2.50 bits per heavy atom. The number of nitrogens with one attached hydrogen (secondary N) is 1. The van der Waals surface area contributed by atoms with E-state index < -0.39 is 0 Å². The van der Waals surface area contributed by atoms with E-state index >= 15 is 0 Å². The summed E-state index contributed by atoms with van der Waals surface area (Å²) in [6.45, 7) is 0.873. The van der Waals surface area contributed by atoms with Crippen molar-refractivity contribution in [3.05, 3.63) is 0 Å². The molecule has 1 heterocycles. The molecule has 1 saturated heterocycles. The number of carbonyl (C=O) groups is 1. The Labute approximate surface area is 71.9 Å². The third kappa shape index (κ3) is 1.95. The van der Waals surface area contributed by atoms with E-state index in [1.807, 2.05) is 0 Å². The van der Waals surface area contributed by atoms with Crippen LogP contribution in [0, 0.1) is 5.92 Å². The van der Waals surface area contributed by atoms with Crippen molar-refractivity contribution in [1.82, 2.24) is 5.32 Å². The molecule has 1 fully saturated rings. The molecule has 0 saturated carbocycles. The van der Waals surface area contributed by atoms with Gasteiger partial charge in [-0.15, -0.1) is 0 Å². The van der Waals surface area contributed by atoms with Gasteiger partial charge >= 0.3 is 5.97 Å². The predicted octanol–water partition coefficient (Wildman–Crippen LogP) is -0.480. The van der Waals surface area contributed by atoms with Gasteiger partial charge < -0.3 is 15.2 Å². The van der Waals surface area contributed by atoms with Crippen molar-refractivity contribution in [3.63, 3.8) is 0 Å². The highest BCUT2D eigenvalue weighted by atomic mass is 16.5. The standard InChI is InChI=1S/C8H15NO3/c1-12-8(11)6-3-2-4-9-7(6)5-10/h6-7,9-10H,2-5H2,1H3/t6-,7+/m0/s1. The molecule has 12 heavy (non-hydrogen) atoms. The number of hydrogen-bond donors (Lipinski definition) is 2. The molecule has 0 unspecified atom stereocenters. The lowest BCUT2D eigenvalue weighted by atomic mass is 9.91. The highest BCUT2D eigenvalue weighted by molar-refractivity contribution is 5.73. The van der Waals surface area contributed by atoms with Crippen LogP contribution in [-0.2, 0) is 9.53 Å². The summed E-state index contributed by atoms with van der Waals surface area (Å²) < 4.78 is 4.63. The summed E-state index contributed by atoms with van der Waals surface area (Å²) in [6, 6.07) is -0.119. The number of carbonyl (C=O) groups excluding carboxylic acids is 1. The second-order valence-corrected chi connectivity index (χ2v) is 3.02. The quantitative estimate of drug-likeness (QED) is 0.554. The molecule has 2 atom stereocenters. The van der Waals surface area contributed by atoms with Gasteiger partial charge in [0.2, 0.25) is 0 Å². The summed E-state index contributed by atoms with van der Waals surface area (Å²) in [7, 11) is 1.38. The van der Waals surface area contributed by atoms with Gasteiger partial charge in [-0.05, 0) is 19.4 Å². The Bertz CT molecular complexity index is 160. The van der Waals surface area contributed by atoms with E-state index in [0.717, 1.165) is 19.4 Å². The predicted molar refractivity (Wildman–Crippen MR) is 43.6 cm³/mol. The van der Waals surface area contributed by atoms with Crippen molar-refractivity contribution in [2.24, 2.45) is 5.92 Å². The first kappa shape index (κ1) is 9.48. The molecule has 1 rings (SSSR count). The number of rotatable bonds is 2. The number of esters is 1. The number of hydrogen-bond acceptors (Lipinski definition) is 4. The van der Waals surface area contributed by atoms with Crippen LogP contribution in [0.1, 0.15) is 12.8 Å². The highest BCUT2D eigenvalue weighted by Crippen LogP contribution is 2.17. The van der Waals surface area contributed by atoms with Crippen LogP contribution in [0.3, 0.4) is 0 Å². The lowest BCUT2D eigenvalue weighted by Gasteiger charge is -2.28. The smallest absolute Gasteiger partial charge is 0.310 e. The molecular formula is C8H15NO3. The Hall–Kier alpha value is -0.610. The topological polar surface area (TPSA) is 58.6 Å². The number of aliphatic hydroxyl groups is 1. The van der Waals surface area contributed by atoms with Crippen LogP contribution in [0.25, 0.3) is 0 Å². The first-order valence-electron chi connectivity index (χ1n) is 4.21. The van der Waals surface area contributed by atoms with Gasteiger partial charge in [0.1, 0.15) is 0 Å². The number of ether oxygens (including phenoxy) is 1. The van der Waals surface area contributed by atoms with Crippen LogP contribution in [0.2, 0.25) is 0 Å². The third-order valence-corrected chi connectivity index (χ3v) is 2.28. The fourth-order valence-electron chi connectivity index (χ4n) is 1.58. The van der Waals surface area contributed by atoms with Crippen molar-refractivity contribution >= 4 is 5.97 Å². The normalized spacial score (nSPS) is 29.8. The van der Waals surface area contributed by atoms with E-state index in [1.54, 1.807) is 0 Å². The van der Waals surface area contributed by atoms with Crippen molar-refractivity contribution in [2.45, 2.75) is 18.9 Å². The van der Waals surface area contributed by atoms with Gasteiger partial charge in [0, 0.05) is 6.04 Å². The summed E-state index contributed by atoms with van der Waals surface area (Å²) in [6.07, 6.45) is 1.78. The Morgan fingerprint density at radius 1 is 1.75 bits per heavy atom. The van der Waals surface area contributed by atoms with Gasteiger partial charge in [0.05, 0.1) is 19.6 Å². The monoisotopic (exact) mass is 173 g/mol. The zero-order valence-electron chi connectivity index (χ0n) is 7.25. The van der Waals surface area contributed by atoms with E-state index in [0.29, 0.717) is 0 Å². The summed E-state index contributed by atoms with van der Waals surface area (Å²) in [5.74, 6) is -0.394. The molecule has 0 amide bonds. The first-order chi connectivity index (χ1) is 5.79. The Morgan fingerprint density at radius 3 is 3.08 bits per heavy atom. The number of methoxy groups -OCH3 is 1. The zero-order valence-corrected chi connectivity index (χ0v) is 7.25. The maximum absolute atomic E-state index is 11.2. The van der Waals surface area contributed by atoms with Crippen molar-refractivity contribution in [1.29, 1.82) is 0 Å². The van der Waals surface area contributed by atoms with Crippen LogP contribution in [-0.4, -0.2) is 37.4 Å². The molecular weight excluding hydrogens is 158 g/mol. The van der Waals surface area contributed by atoms with Gasteiger partial charge in [-0.25, -0.2) is 0 Å². The van der Waals surface area contributed by atoms with Crippen LogP contribution in [0.5, 0.6) is 0 Å². The maximum atomic E-state index is 11.2. The van der Waals surface area contributed by atoms with Gasteiger partial charge in [0.15, 0.2) is 0 Å². The van der Waals surface area contributed by atoms with E-state index in [9.17, 15) is 4.79 Å². The van der Waals surface area contributed by atoms with Crippen molar-refractivity contribution in [3.8, 4) is 0 Å². The largest absolute Gasteiger partial charge is 0.469 e. The van der Waals surface area contributed by atoms with E-state index in [2.05, 4.69) is 10.1 Å². The molecule has 4 heteroatoms. The van der Waals surface area contributed by atoms with E-state index in [-0.39, 0.29) is 24.5 Å². The zero-order chi connectivity index (χ0) is 8.97. The van der Waals surface area contributed by atoms with E-state index in [1.165, 1.54) is 7.11 Å². The Balaban J connectivity index is 2.52. The molecule has 0 aromatic carbocycles. The molecule has 0 radical (unpaired) electrons. The van der Waals surface area contributed by atoms with Gasteiger partial charge in [-0.2, -0.15) is 0 Å². The van der Waals surface area contributed by atoms with Crippen molar-refractivity contribution in [2.75, 3.05) is 20.3 Å². The average molecular weight is 173 g/mol. The first-order valence-corrected chi connectivity index (χ1v) is 4.21. The maximum Gasteiger partial charge on any atom is 0.310 e. The fourth-order valence-corrected chi connectivity index (χ4v) is 1.58. The molecule has 1 aliphatic heterocycles. The van der Waals surface area contributed by atoms with Crippen LogP contribution in [0.15, 0.2) is 0 Å². The highest BCUT2D eigenvalue weighted by Gasteiger charge is 2.30. The minimum atomic E-state index is -0.221. The van der Waals surface area contributed by atoms with Crippen LogP contribution >= 0.6 is 0 Å². The molecule has 0 aromatic heterocycles. The second kappa shape index (κ2) is 4.42. The fraction of sp³-hybridized carbons (Fsp3) is 0.875. The van der Waals surface area contributed by atoms with Crippen LogP contribution in [0.4, 0.5) is 0 Å². The SMILES string of the molecule is COC(=O)[C@H]1CCCN[C@@H]1CO. The van der Waals surface area contributed by atoms with E-state index in [4.69, 9.17) is 5.11 Å². The molecule has 0 aliphatic carbocycles. The molecule has 4 nitrogen and oxygen atoms in total. The molecule has 0 bridgehead atoms. The second-order valence-electron chi connectivity index (χ2n) is 3.02. The molecule has 70 valence electrons. The van der Waals surface area contributed by atoms with Crippen molar-refractivity contribution < 1.29 is 14.6 Å². The van der Waals surface area contributed by atoms with Gasteiger partial charge in [-0.1, -0.05) is 0 Å². The summed E-state index contributed by atoms with van der Waals surface area (Å²) in [5.41, 5.74) is 0. The lowest BCUT2D eigenvalue weighted by Crippen LogP contribution is -2.47. The summed E-state index contributed by atoms with van der Waals surface area (Å²) in [4.78, 5) is 11.2. The van der Waals surface area contributed by atoms with Gasteiger partial charge in [-0.3, -0.25) is 4.79 Å². The molecule has 0 spiro atoms. The number of piperidine rings is 1. The summed E-state index contributed by atoms with van der Waals surface area (Å²) >= 11 is 0. The van der Waals surface area contributed by atoms with Crippen LogP contribution < -0.4 is 5.32 Å². The Kier molecular flexibility index (Phi) is 3.49. The minimum Gasteiger partial charge on any atom is -0.469 e. The van der Waals surface area contributed by atoms with Gasteiger partial charge in [0.25, 0.3) is 0 Å². The molecule has 0 aromatic rings. The summed E-state index contributed by atoms with van der Waals surface area (Å²) in [5, 5.41) is 12.0. The molecule has 1 aliphatic rings. The lowest BCUT2D eigenvalue weighted by molar-refractivity contribution is -0.147.